The maximum atomic E-state index is 12.8. The number of allylic oxidation sites excluding steroid dienone is 28. The summed E-state index contributed by atoms with van der Waals surface area (Å²) in [4.78, 5) is 38.1. The van der Waals surface area contributed by atoms with Crippen molar-refractivity contribution in [2.45, 2.75) is 232 Å². The molecule has 0 amide bonds. The summed E-state index contributed by atoms with van der Waals surface area (Å²) in [5, 5.41) is 0. The van der Waals surface area contributed by atoms with Crippen molar-refractivity contribution < 1.29 is 28.6 Å². The molecule has 0 aliphatic carbocycles. The minimum Gasteiger partial charge on any atom is -0.462 e. The van der Waals surface area contributed by atoms with Gasteiger partial charge in [-0.05, 0) is 148 Å². The maximum Gasteiger partial charge on any atom is 0.306 e. The van der Waals surface area contributed by atoms with Gasteiger partial charge in [-0.25, -0.2) is 0 Å². The van der Waals surface area contributed by atoms with Crippen LogP contribution in [-0.4, -0.2) is 37.2 Å². The number of unbranched alkanes of at least 4 members (excludes halogenated alkanes) is 12. The minimum absolute atomic E-state index is 0.118. The first-order valence-corrected chi connectivity index (χ1v) is 29.6. The van der Waals surface area contributed by atoms with E-state index in [0.717, 1.165) is 154 Å². The molecular weight excluding hydrogens is 925 g/mol. The Labute approximate surface area is 460 Å². The van der Waals surface area contributed by atoms with Gasteiger partial charge in [-0.15, -0.1) is 0 Å². The summed E-state index contributed by atoms with van der Waals surface area (Å²) in [5.74, 6) is -1.01. The molecule has 0 aromatic heterocycles. The van der Waals surface area contributed by atoms with E-state index in [2.05, 4.69) is 191 Å². The number of esters is 3. The van der Waals surface area contributed by atoms with Crippen LogP contribution in [0.1, 0.15) is 226 Å². The van der Waals surface area contributed by atoms with Gasteiger partial charge in [0.1, 0.15) is 13.2 Å². The van der Waals surface area contributed by atoms with E-state index in [9.17, 15) is 14.4 Å². The van der Waals surface area contributed by atoms with Crippen LogP contribution in [0.4, 0.5) is 0 Å². The number of hydrogen-bond acceptors (Lipinski definition) is 6. The van der Waals surface area contributed by atoms with E-state index in [1.54, 1.807) is 0 Å². The summed E-state index contributed by atoms with van der Waals surface area (Å²) >= 11 is 0. The van der Waals surface area contributed by atoms with E-state index in [1.165, 1.54) is 25.7 Å². The van der Waals surface area contributed by atoms with E-state index in [1.807, 2.05) is 0 Å². The summed E-state index contributed by atoms with van der Waals surface area (Å²) in [6.07, 6.45) is 90.7. The number of ether oxygens (including phenoxy) is 3. The third-order valence-corrected chi connectivity index (χ3v) is 11.7. The fourth-order valence-electron chi connectivity index (χ4n) is 7.29. The SMILES string of the molecule is CC/C=C\C/C=C\C/C=C\C/C=C\C/C=C\C/C=C\C/C=C\C/C=C\C/C=C\CCCCCC(=O)OCC(COC(=O)CCCCCCC/C=C\CCCC)OC(=O)CCCC/C=C\C/C=C\C/C=C\C/C=C\CC. The van der Waals surface area contributed by atoms with Crippen molar-refractivity contribution in [3.05, 3.63) is 170 Å². The fourth-order valence-corrected chi connectivity index (χ4v) is 7.29. The van der Waals surface area contributed by atoms with Crippen molar-refractivity contribution in [1.82, 2.24) is 0 Å². The van der Waals surface area contributed by atoms with Crippen molar-refractivity contribution in [2.75, 3.05) is 13.2 Å². The topological polar surface area (TPSA) is 78.9 Å². The molecule has 0 N–H and O–H groups in total. The molecule has 0 spiro atoms. The van der Waals surface area contributed by atoms with Gasteiger partial charge in [0.2, 0.25) is 0 Å². The molecule has 0 aromatic rings. The summed E-state index contributed by atoms with van der Waals surface area (Å²) in [7, 11) is 0. The summed E-state index contributed by atoms with van der Waals surface area (Å²) in [6.45, 7) is 6.28. The lowest BCUT2D eigenvalue weighted by molar-refractivity contribution is -0.167. The highest BCUT2D eigenvalue weighted by atomic mass is 16.6. The molecule has 0 saturated carbocycles. The van der Waals surface area contributed by atoms with Crippen molar-refractivity contribution >= 4 is 17.9 Å². The van der Waals surface area contributed by atoms with Crippen LogP contribution in [0.15, 0.2) is 170 Å². The zero-order valence-electron chi connectivity index (χ0n) is 47.7. The number of carbonyl (C=O) groups excluding carboxylic acids is 3. The van der Waals surface area contributed by atoms with Gasteiger partial charge in [-0.3, -0.25) is 14.4 Å². The second kappa shape index (κ2) is 61.3. The van der Waals surface area contributed by atoms with Crippen LogP contribution in [0.5, 0.6) is 0 Å². The molecule has 6 nitrogen and oxygen atoms in total. The molecule has 1 atom stereocenters. The molecule has 0 saturated heterocycles. The number of hydrogen-bond donors (Lipinski definition) is 0. The Balaban J connectivity index is 4.41. The molecule has 75 heavy (non-hydrogen) atoms. The summed E-state index contributed by atoms with van der Waals surface area (Å²) in [5.41, 5.74) is 0. The standard InChI is InChI=1S/C69H106O6/c1-4-7-10-13-16-19-22-24-26-27-28-29-30-31-32-33-34-35-36-37-38-39-40-41-43-44-47-50-53-56-59-62-68(71)74-65-66(64-73-67(70)61-58-55-52-49-46-21-18-15-12-9-6-3)75-69(72)63-60-57-54-51-48-45-42-25-23-20-17-14-11-8-5-2/h7-8,10-11,15-20,24-26,28-29,31-32,34-35,37-38,40-42,44,47-48,51,66H,4-6,9,12-14,21-23,27,30,33,36,39,43,45-46,49-50,52-65H2,1-3H3/b10-7-,11-8-,18-15-,19-16-,20-17-,26-24-,29-28-,32-31-,35-34-,38-37-,41-40-,42-25-,47-44-,51-48-. The van der Waals surface area contributed by atoms with Gasteiger partial charge in [0.25, 0.3) is 0 Å². The Kier molecular flexibility index (Phi) is 57.0. The van der Waals surface area contributed by atoms with Crippen LogP contribution in [0, 0.1) is 0 Å². The minimum atomic E-state index is -0.825. The van der Waals surface area contributed by atoms with Crippen LogP contribution in [0.2, 0.25) is 0 Å². The highest BCUT2D eigenvalue weighted by molar-refractivity contribution is 5.71. The first-order chi connectivity index (χ1) is 37.0. The maximum absolute atomic E-state index is 12.8. The van der Waals surface area contributed by atoms with Gasteiger partial charge < -0.3 is 14.2 Å². The summed E-state index contributed by atoms with van der Waals surface area (Å²) < 4.78 is 16.8. The molecular formula is C69H106O6. The number of rotatable bonds is 51. The first-order valence-electron chi connectivity index (χ1n) is 29.6. The second-order valence-electron chi connectivity index (χ2n) is 18.8. The molecule has 0 aromatic carbocycles. The third-order valence-electron chi connectivity index (χ3n) is 11.7. The molecule has 6 heteroatoms. The van der Waals surface area contributed by atoms with E-state index in [4.69, 9.17) is 14.2 Å². The zero-order chi connectivity index (χ0) is 54.3. The molecule has 0 rings (SSSR count). The lowest BCUT2D eigenvalue weighted by atomic mass is 10.1. The molecule has 0 fully saturated rings. The van der Waals surface area contributed by atoms with Crippen LogP contribution in [-0.2, 0) is 28.6 Å². The Hall–Kier alpha value is -5.23. The lowest BCUT2D eigenvalue weighted by Gasteiger charge is -2.18. The molecule has 1 unspecified atom stereocenters. The largest absolute Gasteiger partial charge is 0.462 e. The van der Waals surface area contributed by atoms with E-state index in [-0.39, 0.29) is 37.5 Å². The van der Waals surface area contributed by atoms with Crippen molar-refractivity contribution in [3.8, 4) is 0 Å². The molecule has 0 aliphatic rings. The van der Waals surface area contributed by atoms with E-state index < -0.39 is 6.10 Å². The summed E-state index contributed by atoms with van der Waals surface area (Å²) in [6, 6.07) is 0. The number of carbonyl (C=O) groups is 3. The second-order valence-corrected chi connectivity index (χ2v) is 18.8. The highest BCUT2D eigenvalue weighted by Gasteiger charge is 2.19. The fraction of sp³-hybridized carbons (Fsp3) is 0.551. The van der Waals surface area contributed by atoms with Crippen molar-refractivity contribution in [2.24, 2.45) is 0 Å². The van der Waals surface area contributed by atoms with E-state index >= 15 is 0 Å². The van der Waals surface area contributed by atoms with Crippen LogP contribution >= 0.6 is 0 Å². The first kappa shape index (κ1) is 69.8. The van der Waals surface area contributed by atoms with Gasteiger partial charge in [0.15, 0.2) is 6.10 Å². The van der Waals surface area contributed by atoms with Crippen LogP contribution < -0.4 is 0 Å². The van der Waals surface area contributed by atoms with Crippen molar-refractivity contribution in [1.29, 1.82) is 0 Å². The zero-order valence-corrected chi connectivity index (χ0v) is 47.7. The normalized spacial score (nSPS) is 13.4. The van der Waals surface area contributed by atoms with Crippen LogP contribution in [0.3, 0.4) is 0 Å². The van der Waals surface area contributed by atoms with Gasteiger partial charge in [-0.2, -0.15) is 0 Å². The quantitative estimate of drug-likeness (QED) is 0.0261. The van der Waals surface area contributed by atoms with Crippen molar-refractivity contribution in [3.63, 3.8) is 0 Å². The Morgan fingerprint density at radius 2 is 0.520 bits per heavy atom. The van der Waals surface area contributed by atoms with E-state index in [0.29, 0.717) is 19.3 Å². The van der Waals surface area contributed by atoms with Gasteiger partial charge in [-0.1, -0.05) is 229 Å². The predicted molar refractivity (Wildman–Crippen MR) is 325 cm³/mol. The Morgan fingerprint density at radius 1 is 0.280 bits per heavy atom. The highest BCUT2D eigenvalue weighted by Crippen LogP contribution is 2.12. The lowest BCUT2D eigenvalue weighted by Crippen LogP contribution is -2.30. The molecule has 0 heterocycles. The molecule has 0 bridgehead atoms. The monoisotopic (exact) mass is 1030 g/mol. The molecule has 418 valence electrons. The Morgan fingerprint density at radius 3 is 0.867 bits per heavy atom. The third kappa shape index (κ3) is 59.5. The van der Waals surface area contributed by atoms with Crippen LogP contribution in [0.25, 0.3) is 0 Å². The average molecular weight is 1030 g/mol. The van der Waals surface area contributed by atoms with Gasteiger partial charge in [0.05, 0.1) is 0 Å². The van der Waals surface area contributed by atoms with Gasteiger partial charge >= 0.3 is 17.9 Å². The van der Waals surface area contributed by atoms with Gasteiger partial charge in [0, 0.05) is 19.3 Å². The smallest absolute Gasteiger partial charge is 0.306 e. The average Bonchev–Trinajstić information content (AvgIpc) is 3.41. The predicted octanol–water partition coefficient (Wildman–Crippen LogP) is 20.3. The molecule has 0 aliphatic heterocycles. The Bertz CT molecular complexity index is 1750. The molecule has 0 radical (unpaired) electrons.